The minimum atomic E-state index is 0.361. The fourth-order valence-corrected chi connectivity index (χ4v) is 3.00. The first kappa shape index (κ1) is 13.5. The van der Waals surface area contributed by atoms with E-state index in [-0.39, 0.29) is 0 Å². The molecule has 3 rings (SSSR count). The summed E-state index contributed by atoms with van der Waals surface area (Å²) >= 11 is 0. The number of rotatable bonds is 3. The number of likely N-dealkylation sites (tertiary alicyclic amines) is 1. The van der Waals surface area contributed by atoms with Gasteiger partial charge in [0.15, 0.2) is 0 Å². The monoisotopic (exact) mass is 272 g/mol. The van der Waals surface area contributed by atoms with Crippen molar-refractivity contribution in [2.24, 2.45) is 0 Å². The number of hydrogen-bond donors (Lipinski definition) is 1. The Morgan fingerprint density at radius 3 is 2.70 bits per heavy atom. The number of benzene rings is 1. The second-order valence-corrected chi connectivity index (χ2v) is 6.13. The normalized spacial score (nSPS) is 18.0. The van der Waals surface area contributed by atoms with Crippen molar-refractivity contribution in [2.45, 2.75) is 45.8 Å². The van der Waals surface area contributed by atoms with Gasteiger partial charge in [0.1, 0.15) is 11.9 Å². The van der Waals surface area contributed by atoms with Crippen LogP contribution in [0, 0.1) is 6.92 Å². The summed E-state index contributed by atoms with van der Waals surface area (Å²) < 4.78 is 6.25. The van der Waals surface area contributed by atoms with Crippen LogP contribution in [0.1, 0.15) is 32.3 Å². The maximum Gasteiger partial charge on any atom is 0.123 e. The lowest BCUT2D eigenvalue weighted by Crippen LogP contribution is -2.41. The fourth-order valence-electron chi connectivity index (χ4n) is 3.00. The summed E-state index contributed by atoms with van der Waals surface area (Å²) in [6.07, 6.45) is 4.60. The average Bonchev–Trinajstić information content (AvgIpc) is 2.87. The number of aromatic nitrogens is 1. The van der Waals surface area contributed by atoms with Crippen LogP contribution in [-0.4, -0.2) is 35.1 Å². The largest absolute Gasteiger partial charge is 0.490 e. The Morgan fingerprint density at radius 1 is 1.25 bits per heavy atom. The molecule has 0 radical (unpaired) electrons. The van der Waals surface area contributed by atoms with Crippen molar-refractivity contribution in [3.63, 3.8) is 0 Å². The summed E-state index contributed by atoms with van der Waals surface area (Å²) in [5, 5.41) is 1.23. The van der Waals surface area contributed by atoms with E-state index in [1.807, 2.05) is 6.20 Å². The third-order valence-electron chi connectivity index (χ3n) is 4.35. The zero-order chi connectivity index (χ0) is 14.1. The number of nitrogens with zero attached hydrogens (tertiary/aromatic N) is 1. The summed E-state index contributed by atoms with van der Waals surface area (Å²) in [6.45, 7) is 8.96. The van der Waals surface area contributed by atoms with E-state index >= 15 is 0 Å². The number of nitrogens with one attached hydrogen (secondary N) is 1. The van der Waals surface area contributed by atoms with Gasteiger partial charge in [-0.1, -0.05) is 0 Å². The lowest BCUT2D eigenvalue weighted by atomic mass is 10.1. The van der Waals surface area contributed by atoms with Crippen LogP contribution in [0.4, 0.5) is 0 Å². The highest BCUT2D eigenvalue weighted by Crippen LogP contribution is 2.27. The predicted molar refractivity (Wildman–Crippen MR) is 83.4 cm³/mol. The molecule has 1 aromatic carbocycles. The lowest BCUT2D eigenvalue weighted by molar-refractivity contribution is 0.0839. The molecule has 0 aliphatic carbocycles. The number of fused-ring (bicyclic) bond motifs is 1. The van der Waals surface area contributed by atoms with E-state index < -0.39 is 0 Å². The lowest BCUT2D eigenvalue weighted by Gasteiger charge is -2.34. The maximum atomic E-state index is 6.25. The quantitative estimate of drug-likeness (QED) is 0.922. The first-order chi connectivity index (χ1) is 9.63. The zero-order valence-corrected chi connectivity index (χ0v) is 12.6. The minimum Gasteiger partial charge on any atom is -0.490 e. The summed E-state index contributed by atoms with van der Waals surface area (Å²) in [4.78, 5) is 5.78. The Morgan fingerprint density at radius 2 is 2.00 bits per heavy atom. The highest BCUT2D eigenvalue weighted by molar-refractivity contribution is 5.82. The van der Waals surface area contributed by atoms with E-state index in [0.717, 1.165) is 31.7 Å². The molecule has 0 unspecified atom stereocenters. The highest BCUT2D eigenvalue weighted by atomic mass is 16.5. The van der Waals surface area contributed by atoms with E-state index in [0.29, 0.717) is 12.1 Å². The number of ether oxygens (including phenoxy) is 1. The number of aromatic amines is 1. The molecule has 2 heterocycles. The van der Waals surface area contributed by atoms with Gasteiger partial charge in [-0.15, -0.1) is 0 Å². The van der Waals surface area contributed by atoms with Crippen LogP contribution >= 0.6 is 0 Å². The Balaban J connectivity index is 1.69. The summed E-state index contributed by atoms with van der Waals surface area (Å²) in [5.41, 5.74) is 2.40. The second-order valence-electron chi connectivity index (χ2n) is 6.13. The van der Waals surface area contributed by atoms with Gasteiger partial charge in [0.25, 0.3) is 0 Å². The van der Waals surface area contributed by atoms with E-state index in [9.17, 15) is 0 Å². The highest BCUT2D eigenvalue weighted by Gasteiger charge is 2.22. The topological polar surface area (TPSA) is 28.3 Å². The number of piperidine rings is 1. The van der Waals surface area contributed by atoms with Gasteiger partial charge in [-0.25, -0.2) is 0 Å². The zero-order valence-electron chi connectivity index (χ0n) is 12.6. The molecular weight excluding hydrogens is 248 g/mol. The van der Waals surface area contributed by atoms with Crippen LogP contribution in [0.3, 0.4) is 0 Å². The Labute approximate surface area is 120 Å². The molecule has 1 aliphatic heterocycles. The minimum absolute atomic E-state index is 0.361. The molecule has 1 fully saturated rings. The molecule has 0 spiro atoms. The Kier molecular flexibility index (Phi) is 3.70. The third kappa shape index (κ3) is 2.68. The Bertz CT molecular complexity index is 580. The molecule has 0 amide bonds. The van der Waals surface area contributed by atoms with Crippen LogP contribution in [0.5, 0.6) is 5.75 Å². The molecule has 20 heavy (non-hydrogen) atoms. The van der Waals surface area contributed by atoms with Crippen LogP contribution in [0.15, 0.2) is 24.4 Å². The molecular formula is C17H24N2O. The van der Waals surface area contributed by atoms with Gasteiger partial charge in [-0.05, 0) is 57.4 Å². The SMILES string of the molecule is Cc1cc2[nH]ccc2cc1OC1CCN(C(C)C)CC1. The molecule has 1 saturated heterocycles. The van der Waals surface area contributed by atoms with Gasteiger partial charge in [0.2, 0.25) is 0 Å². The van der Waals surface area contributed by atoms with Gasteiger partial charge in [0.05, 0.1) is 0 Å². The first-order valence-electron chi connectivity index (χ1n) is 7.62. The fraction of sp³-hybridized carbons (Fsp3) is 0.529. The summed E-state index contributed by atoms with van der Waals surface area (Å²) in [5.74, 6) is 1.04. The van der Waals surface area contributed by atoms with Crippen LogP contribution in [0.25, 0.3) is 10.9 Å². The maximum absolute atomic E-state index is 6.25. The molecule has 0 atom stereocenters. The van der Waals surface area contributed by atoms with Crippen molar-refractivity contribution in [1.82, 2.24) is 9.88 Å². The van der Waals surface area contributed by atoms with Crippen molar-refractivity contribution >= 4 is 10.9 Å². The smallest absolute Gasteiger partial charge is 0.123 e. The van der Waals surface area contributed by atoms with Gasteiger partial charge < -0.3 is 14.6 Å². The van der Waals surface area contributed by atoms with Crippen LogP contribution < -0.4 is 4.74 Å². The molecule has 1 N–H and O–H groups in total. The molecule has 0 bridgehead atoms. The van der Waals surface area contributed by atoms with E-state index in [1.165, 1.54) is 16.5 Å². The van der Waals surface area contributed by atoms with Crippen LogP contribution in [0.2, 0.25) is 0 Å². The molecule has 0 saturated carbocycles. The van der Waals surface area contributed by atoms with Crippen molar-refractivity contribution in [3.05, 3.63) is 30.0 Å². The van der Waals surface area contributed by atoms with Gasteiger partial charge >= 0.3 is 0 Å². The molecule has 3 nitrogen and oxygen atoms in total. The van der Waals surface area contributed by atoms with Gasteiger partial charge in [-0.3, -0.25) is 0 Å². The van der Waals surface area contributed by atoms with Crippen molar-refractivity contribution in [1.29, 1.82) is 0 Å². The first-order valence-corrected chi connectivity index (χ1v) is 7.62. The van der Waals surface area contributed by atoms with Gasteiger partial charge in [-0.2, -0.15) is 0 Å². The average molecular weight is 272 g/mol. The second kappa shape index (κ2) is 5.49. The summed E-state index contributed by atoms with van der Waals surface area (Å²) in [7, 11) is 0. The molecule has 3 heteroatoms. The Hall–Kier alpha value is -1.48. The third-order valence-corrected chi connectivity index (χ3v) is 4.35. The number of aryl methyl sites for hydroxylation is 1. The molecule has 2 aromatic rings. The van der Waals surface area contributed by atoms with E-state index in [1.54, 1.807) is 0 Å². The molecule has 108 valence electrons. The molecule has 1 aromatic heterocycles. The van der Waals surface area contributed by atoms with Crippen molar-refractivity contribution < 1.29 is 4.74 Å². The summed E-state index contributed by atoms with van der Waals surface area (Å²) in [6, 6.07) is 7.08. The number of H-pyrrole nitrogens is 1. The van der Waals surface area contributed by atoms with E-state index in [4.69, 9.17) is 4.74 Å². The predicted octanol–water partition coefficient (Wildman–Crippen LogP) is 3.73. The van der Waals surface area contributed by atoms with Gasteiger partial charge in [0, 0.05) is 36.2 Å². The number of hydrogen-bond acceptors (Lipinski definition) is 2. The van der Waals surface area contributed by atoms with Crippen molar-refractivity contribution in [3.8, 4) is 5.75 Å². The van der Waals surface area contributed by atoms with E-state index in [2.05, 4.69) is 48.9 Å². The standard InChI is InChI=1S/C17H24N2O/c1-12(2)19-8-5-15(6-9-19)20-17-11-14-4-7-18-16(14)10-13(17)3/h4,7,10-12,15,18H,5-6,8-9H2,1-3H3. The molecule has 1 aliphatic rings. The van der Waals surface area contributed by atoms with Crippen molar-refractivity contribution in [2.75, 3.05) is 13.1 Å². The van der Waals surface area contributed by atoms with Crippen LogP contribution in [-0.2, 0) is 0 Å².